The van der Waals surface area contributed by atoms with Crippen molar-refractivity contribution >= 4 is 50.7 Å². The van der Waals surface area contributed by atoms with Crippen LogP contribution in [0.3, 0.4) is 0 Å². The molecular weight excluding hydrogens is 490 g/mol. The molecule has 0 bridgehead atoms. The Balaban J connectivity index is 1.55. The number of benzene rings is 2. The van der Waals surface area contributed by atoms with Crippen LogP contribution < -0.4 is 11.1 Å². The summed E-state index contributed by atoms with van der Waals surface area (Å²) in [4.78, 5) is 32.1. The van der Waals surface area contributed by atoms with E-state index in [0.29, 0.717) is 38.3 Å². The van der Waals surface area contributed by atoms with Gasteiger partial charge in [0.2, 0.25) is 0 Å². The minimum Gasteiger partial charge on any atom is -0.365 e. The van der Waals surface area contributed by atoms with Gasteiger partial charge in [0, 0.05) is 20.8 Å². The molecule has 4 aromatic rings. The first-order valence-electron chi connectivity index (χ1n) is 12.0. The molecule has 0 radical (unpaired) electrons. The van der Waals surface area contributed by atoms with Crippen LogP contribution in [0.1, 0.15) is 58.3 Å². The number of nitrogens with zero attached hydrogens (tertiary/aromatic N) is 1. The Bertz CT molecular complexity index is 1490. The fourth-order valence-electron chi connectivity index (χ4n) is 4.98. The molecular formula is C29H28ClN3O2S. The number of nitrogens with one attached hydrogen (secondary N) is 1. The lowest BCUT2D eigenvalue weighted by molar-refractivity contribution is 0.1000. The van der Waals surface area contributed by atoms with Crippen LogP contribution in [0, 0.1) is 11.3 Å². The lowest BCUT2D eigenvalue weighted by Gasteiger charge is -2.33. The second-order valence-electron chi connectivity index (χ2n) is 10.4. The summed E-state index contributed by atoms with van der Waals surface area (Å²) < 4.78 is 0. The zero-order chi connectivity index (χ0) is 25.6. The zero-order valence-corrected chi connectivity index (χ0v) is 22.1. The first-order chi connectivity index (χ1) is 17.1. The van der Waals surface area contributed by atoms with Crippen molar-refractivity contribution in [1.82, 2.24) is 4.98 Å². The van der Waals surface area contributed by atoms with Gasteiger partial charge in [-0.1, -0.05) is 62.7 Å². The molecule has 0 aliphatic heterocycles. The molecule has 2 aromatic carbocycles. The molecule has 0 spiro atoms. The van der Waals surface area contributed by atoms with Crippen molar-refractivity contribution < 1.29 is 9.59 Å². The van der Waals surface area contributed by atoms with Crippen LogP contribution in [0.15, 0.2) is 54.6 Å². The second-order valence-corrected chi connectivity index (χ2v) is 12.0. The largest absolute Gasteiger partial charge is 0.365 e. The van der Waals surface area contributed by atoms with Gasteiger partial charge in [-0.15, -0.1) is 11.3 Å². The molecule has 5 rings (SSSR count). The number of fused-ring (bicyclic) bond motifs is 2. The number of rotatable bonds is 4. The summed E-state index contributed by atoms with van der Waals surface area (Å²) in [5.41, 5.74) is 10.2. The molecule has 36 heavy (non-hydrogen) atoms. The van der Waals surface area contributed by atoms with E-state index in [1.54, 1.807) is 18.2 Å². The third-order valence-electron chi connectivity index (χ3n) is 7.06. The van der Waals surface area contributed by atoms with Gasteiger partial charge in [-0.2, -0.15) is 0 Å². The summed E-state index contributed by atoms with van der Waals surface area (Å²) in [5, 5.41) is 4.93. The van der Waals surface area contributed by atoms with Gasteiger partial charge < -0.3 is 11.1 Å². The summed E-state index contributed by atoms with van der Waals surface area (Å²) in [7, 11) is 0. The van der Waals surface area contributed by atoms with Crippen LogP contribution in [-0.2, 0) is 12.8 Å². The van der Waals surface area contributed by atoms with Crippen molar-refractivity contribution in [3.63, 3.8) is 0 Å². The quantitative estimate of drug-likeness (QED) is 0.302. The van der Waals surface area contributed by atoms with Gasteiger partial charge >= 0.3 is 0 Å². The van der Waals surface area contributed by atoms with E-state index in [1.165, 1.54) is 11.3 Å². The van der Waals surface area contributed by atoms with Gasteiger partial charge in [-0.05, 0) is 60.4 Å². The molecule has 2 amide bonds. The molecule has 3 N–H and O–H groups in total. The molecule has 1 aliphatic rings. The second kappa shape index (κ2) is 9.34. The lowest BCUT2D eigenvalue weighted by atomic mass is 9.72. The van der Waals surface area contributed by atoms with Crippen molar-refractivity contribution in [2.45, 2.75) is 40.0 Å². The van der Waals surface area contributed by atoms with E-state index in [2.05, 4.69) is 26.1 Å². The Labute approximate surface area is 219 Å². The summed E-state index contributed by atoms with van der Waals surface area (Å²) in [5.74, 6) is -0.283. The topological polar surface area (TPSA) is 85.1 Å². The van der Waals surface area contributed by atoms with E-state index in [4.69, 9.17) is 22.3 Å². The van der Waals surface area contributed by atoms with Gasteiger partial charge in [-0.3, -0.25) is 9.59 Å². The number of pyridine rings is 1. The summed E-state index contributed by atoms with van der Waals surface area (Å²) >= 11 is 7.54. The normalized spacial score (nSPS) is 15.5. The van der Waals surface area contributed by atoms with Crippen LogP contribution in [0.5, 0.6) is 0 Å². The smallest absolute Gasteiger partial charge is 0.257 e. The zero-order valence-electron chi connectivity index (χ0n) is 20.5. The van der Waals surface area contributed by atoms with Crippen LogP contribution in [0.25, 0.3) is 22.2 Å². The molecule has 1 atom stereocenters. The number of carbonyl (C=O) groups is 2. The minimum atomic E-state index is -0.501. The Hall–Kier alpha value is -3.22. The molecule has 0 saturated heterocycles. The molecule has 184 valence electrons. The fourth-order valence-corrected chi connectivity index (χ4v) is 6.43. The monoisotopic (exact) mass is 517 g/mol. The number of hydrogen-bond acceptors (Lipinski definition) is 4. The Morgan fingerprint density at radius 3 is 2.53 bits per heavy atom. The van der Waals surface area contributed by atoms with E-state index in [9.17, 15) is 9.59 Å². The van der Waals surface area contributed by atoms with E-state index in [1.807, 2.05) is 36.4 Å². The molecule has 1 aliphatic carbocycles. The highest BCUT2D eigenvalue weighted by Gasteiger charge is 2.33. The highest BCUT2D eigenvalue weighted by molar-refractivity contribution is 7.17. The van der Waals surface area contributed by atoms with E-state index in [0.717, 1.165) is 40.7 Å². The molecule has 2 aromatic heterocycles. The summed E-state index contributed by atoms with van der Waals surface area (Å²) in [6.45, 7) is 6.75. The predicted octanol–water partition coefficient (Wildman–Crippen LogP) is 7.12. The van der Waals surface area contributed by atoms with E-state index < -0.39 is 5.91 Å². The maximum Gasteiger partial charge on any atom is 0.257 e. The van der Waals surface area contributed by atoms with Crippen molar-refractivity contribution in [2.24, 2.45) is 17.1 Å². The summed E-state index contributed by atoms with van der Waals surface area (Å²) in [6.07, 6.45) is 2.68. The molecule has 2 heterocycles. The average Bonchev–Trinajstić information content (AvgIpc) is 3.20. The average molecular weight is 518 g/mol. The van der Waals surface area contributed by atoms with Crippen LogP contribution >= 0.6 is 22.9 Å². The van der Waals surface area contributed by atoms with E-state index in [-0.39, 0.29) is 11.3 Å². The van der Waals surface area contributed by atoms with Gasteiger partial charge in [0.25, 0.3) is 11.8 Å². The molecule has 0 fully saturated rings. The Kier molecular flexibility index (Phi) is 6.35. The number of anilines is 1. The van der Waals surface area contributed by atoms with Crippen molar-refractivity contribution in [3.05, 3.63) is 81.2 Å². The number of para-hydroxylation sites is 1. The number of carbonyl (C=O) groups excluding carboxylic acids is 2. The predicted molar refractivity (Wildman–Crippen MR) is 148 cm³/mol. The number of nitrogens with two attached hydrogens (primary N) is 1. The van der Waals surface area contributed by atoms with Crippen molar-refractivity contribution in [2.75, 3.05) is 5.32 Å². The third kappa shape index (κ3) is 4.63. The lowest BCUT2D eigenvalue weighted by Crippen LogP contribution is -2.27. The fraction of sp³-hybridized carbons (Fsp3) is 0.276. The van der Waals surface area contributed by atoms with Crippen molar-refractivity contribution in [1.29, 1.82) is 0 Å². The number of hydrogen-bond donors (Lipinski definition) is 2. The van der Waals surface area contributed by atoms with Gasteiger partial charge in [0.1, 0.15) is 5.00 Å². The first kappa shape index (κ1) is 24.5. The molecule has 0 unspecified atom stereocenters. The van der Waals surface area contributed by atoms with Gasteiger partial charge in [0.05, 0.1) is 22.3 Å². The van der Waals surface area contributed by atoms with Crippen molar-refractivity contribution in [3.8, 4) is 11.3 Å². The molecule has 0 saturated carbocycles. The standard InChI is InChI=1S/C29H28ClN3O2S/c1-29(2,3)17-10-13-20-24(14-17)36-28(25(20)26(31)34)33-27(35)21-15-23(16-8-11-18(30)12-9-16)32-22-7-5-4-6-19(21)22/h4-9,11-12,15,17H,10,13-14H2,1-3H3,(H2,31,34)(H,33,35)/t17-/m1/s1. The Morgan fingerprint density at radius 1 is 1.11 bits per heavy atom. The van der Waals surface area contributed by atoms with Crippen LogP contribution in [-0.4, -0.2) is 16.8 Å². The number of primary amides is 1. The van der Waals surface area contributed by atoms with Crippen LogP contribution in [0.2, 0.25) is 5.02 Å². The summed E-state index contributed by atoms with van der Waals surface area (Å²) in [6, 6.07) is 16.7. The maximum atomic E-state index is 13.7. The van der Waals surface area contributed by atoms with E-state index >= 15 is 0 Å². The number of aromatic nitrogens is 1. The number of amides is 2. The van der Waals surface area contributed by atoms with Gasteiger partial charge in [0.15, 0.2) is 0 Å². The minimum absolute atomic E-state index is 0.173. The maximum absolute atomic E-state index is 13.7. The van der Waals surface area contributed by atoms with Gasteiger partial charge in [-0.25, -0.2) is 4.98 Å². The highest BCUT2D eigenvalue weighted by Crippen LogP contribution is 2.44. The third-order valence-corrected chi connectivity index (χ3v) is 8.49. The molecule has 7 heteroatoms. The molecule has 5 nitrogen and oxygen atoms in total. The van der Waals surface area contributed by atoms with Crippen LogP contribution in [0.4, 0.5) is 5.00 Å². The highest BCUT2D eigenvalue weighted by atomic mass is 35.5. The SMILES string of the molecule is CC(C)(C)[C@@H]1CCc2c(sc(NC(=O)c3cc(-c4ccc(Cl)cc4)nc4ccccc34)c2C(N)=O)C1. The Morgan fingerprint density at radius 2 is 1.83 bits per heavy atom. The number of thiophene rings is 1. The first-order valence-corrected chi connectivity index (χ1v) is 13.2. The number of halogens is 1.